The predicted molar refractivity (Wildman–Crippen MR) is 121 cm³/mol. The number of aryl methyl sites for hydroxylation is 1. The minimum absolute atomic E-state index is 0.124. The van der Waals surface area contributed by atoms with Crippen molar-refractivity contribution in [3.8, 4) is 11.5 Å². The molecule has 0 saturated carbocycles. The van der Waals surface area contributed by atoms with Crippen LogP contribution in [-0.4, -0.2) is 18.4 Å². The average molecular weight is 415 g/mol. The lowest BCUT2D eigenvalue weighted by Gasteiger charge is -2.31. The van der Waals surface area contributed by atoms with E-state index >= 15 is 0 Å². The fourth-order valence-electron chi connectivity index (χ4n) is 4.33. The molecule has 1 aromatic carbocycles. The molecular weight excluding hydrogens is 376 g/mol. The summed E-state index contributed by atoms with van der Waals surface area (Å²) >= 11 is 0. The van der Waals surface area contributed by atoms with Crippen molar-refractivity contribution in [1.82, 2.24) is 0 Å². The Kier molecular flexibility index (Phi) is 9.61. The summed E-state index contributed by atoms with van der Waals surface area (Å²) in [4.78, 5) is 25.7. The van der Waals surface area contributed by atoms with Crippen LogP contribution in [0.4, 0.5) is 0 Å². The number of ether oxygens (including phenoxy) is 2. The molecule has 0 unspecified atom stereocenters. The number of carbonyl (C=O) groups excluding carboxylic acids is 2. The second-order valence-corrected chi connectivity index (χ2v) is 8.18. The third-order valence-electron chi connectivity index (χ3n) is 6.30. The van der Waals surface area contributed by atoms with Gasteiger partial charge in [-0.25, -0.2) is 0 Å². The summed E-state index contributed by atoms with van der Waals surface area (Å²) in [5.74, 6) is 1.88. The van der Waals surface area contributed by atoms with Gasteiger partial charge in [0.2, 0.25) is 6.79 Å². The van der Waals surface area contributed by atoms with Crippen molar-refractivity contribution in [2.24, 2.45) is 5.41 Å². The van der Waals surface area contributed by atoms with E-state index in [-0.39, 0.29) is 11.6 Å². The number of carbonyl (C=O) groups is 2. The summed E-state index contributed by atoms with van der Waals surface area (Å²) in [5, 5.41) is 0. The van der Waals surface area contributed by atoms with Crippen molar-refractivity contribution in [2.75, 3.05) is 6.79 Å². The van der Waals surface area contributed by atoms with Crippen LogP contribution in [0.2, 0.25) is 0 Å². The summed E-state index contributed by atoms with van der Waals surface area (Å²) in [6, 6.07) is 6.11. The van der Waals surface area contributed by atoms with Crippen molar-refractivity contribution in [3.05, 3.63) is 35.4 Å². The number of unbranched alkanes of at least 4 members (excludes halogenated alkanes) is 1. The van der Waals surface area contributed by atoms with E-state index < -0.39 is 5.41 Å². The molecule has 0 N–H and O–H groups in total. The van der Waals surface area contributed by atoms with E-state index in [2.05, 4.69) is 32.1 Å². The molecule has 4 heteroatoms. The van der Waals surface area contributed by atoms with Crippen LogP contribution in [0.5, 0.6) is 11.5 Å². The van der Waals surface area contributed by atoms with Crippen LogP contribution in [0.25, 0.3) is 0 Å². The molecule has 4 nitrogen and oxygen atoms in total. The number of benzene rings is 1. The van der Waals surface area contributed by atoms with E-state index in [1.807, 2.05) is 19.9 Å². The summed E-state index contributed by atoms with van der Waals surface area (Å²) in [6.07, 6.45) is 10.1. The zero-order chi connectivity index (χ0) is 22.0. The van der Waals surface area contributed by atoms with E-state index in [4.69, 9.17) is 9.47 Å². The highest BCUT2D eigenvalue weighted by molar-refractivity contribution is 6.06. The Labute approximate surface area is 182 Å². The van der Waals surface area contributed by atoms with Gasteiger partial charge in [-0.2, -0.15) is 0 Å². The molecule has 166 valence electrons. The lowest BCUT2D eigenvalue weighted by Crippen LogP contribution is -2.39. The molecule has 30 heavy (non-hydrogen) atoms. The van der Waals surface area contributed by atoms with Gasteiger partial charge in [0.05, 0.1) is 5.41 Å². The predicted octanol–water partition coefficient (Wildman–Crippen LogP) is 6.60. The van der Waals surface area contributed by atoms with E-state index in [1.54, 1.807) is 0 Å². The second-order valence-electron chi connectivity index (χ2n) is 8.18. The number of Topliss-reactive ketones (excluding diaryl/α,β-unsaturated/α-hetero) is 2. The first-order chi connectivity index (χ1) is 14.5. The molecule has 0 saturated heterocycles. The first-order valence-electron chi connectivity index (χ1n) is 11.6. The Bertz CT molecular complexity index is 731. The Hall–Kier alpha value is -2.10. The maximum atomic E-state index is 12.9. The van der Waals surface area contributed by atoms with Crippen LogP contribution in [-0.2, 0) is 16.0 Å². The number of fused-ring (bicyclic) bond motifs is 1. The minimum atomic E-state index is -0.787. The van der Waals surface area contributed by atoms with Crippen LogP contribution >= 0.6 is 0 Å². The molecule has 0 amide bonds. The maximum Gasteiger partial charge on any atom is 0.231 e. The van der Waals surface area contributed by atoms with Gasteiger partial charge in [0.1, 0.15) is 11.6 Å². The summed E-state index contributed by atoms with van der Waals surface area (Å²) in [7, 11) is 0. The molecule has 1 aliphatic rings. The standard InChI is InChI=1S/C26H38O4/c1-5-9-16-26(24(27)7-3,25(28)8-4)17-15-20(6-2)11-10-12-21-13-14-22-23(18-21)30-19-29-22/h11,13-14,18H,5-10,12,15-17,19H2,1-4H3. The highest BCUT2D eigenvalue weighted by Crippen LogP contribution is 2.37. The zero-order valence-corrected chi connectivity index (χ0v) is 19.2. The van der Waals surface area contributed by atoms with E-state index in [0.717, 1.165) is 50.0 Å². The summed E-state index contributed by atoms with van der Waals surface area (Å²) < 4.78 is 10.8. The number of hydrogen-bond donors (Lipinski definition) is 0. The van der Waals surface area contributed by atoms with Gasteiger partial charge in [0.15, 0.2) is 11.5 Å². The molecule has 0 aromatic heterocycles. The second kappa shape index (κ2) is 11.9. The maximum absolute atomic E-state index is 12.9. The summed E-state index contributed by atoms with van der Waals surface area (Å²) in [6.45, 7) is 8.34. The zero-order valence-electron chi connectivity index (χ0n) is 19.2. The molecule has 0 bridgehead atoms. The van der Waals surface area contributed by atoms with Gasteiger partial charge in [-0.1, -0.05) is 58.3 Å². The van der Waals surface area contributed by atoms with Crippen molar-refractivity contribution in [2.45, 2.75) is 91.9 Å². The third-order valence-corrected chi connectivity index (χ3v) is 6.30. The Morgan fingerprint density at radius 2 is 1.67 bits per heavy atom. The van der Waals surface area contributed by atoms with Crippen molar-refractivity contribution in [1.29, 1.82) is 0 Å². The molecule has 0 fully saturated rings. The third kappa shape index (κ3) is 5.96. The van der Waals surface area contributed by atoms with Crippen LogP contribution in [0.1, 0.15) is 91.0 Å². The van der Waals surface area contributed by atoms with Crippen LogP contribution in [0.15, 0.2) is 29.8 Å². The highest BCUT2D eigenvalue weighted by Gasteiger charge is 2.41. The fourth-order valence-corrected chi connectivity index (χ4v) is 4.33. The quantitative estimate of drug-likeness (QED) is 0.254. The number of ketones is 2. The van der Waals surface area contributed by atoms with Gasteiger partial charge in [0, 0.05) is 12.8 Å². The first kappa shape index (κ1) is 24.2. The van der Waals surface area contributed by atoms with Gasteiger partial charge in [-0.05, 0) is 56.2 Å². The fraction of sp³-hybridized carbons (Fsp3) is 0.615. The molecule has 0 aliphatic carbocycles. The monoisotopic (exact) mass is 414 g/mol. The topological polar surface area (TPSA) is 52.6 Å². The van der Waals surface area contributed by atoms with E-state index in [1.165, 1.54) is 11.1 Å². The molecule has 1 aromatic rings. The average Bonchev–Trinajstić information content (AvgIpc) is 3.24. The molecule has 0 atom stereocenters. The molecule has 1 heterocycles. The molecule has 0 radical (unpaired) electrons. The Morgan fingerprint density at radius 1 is 0.967 bits per heavy atom. The van der Waals surface area contributed by atoms with Gasteiger partial charge < -0.3 is 9.47 Å². The van der Waals surface area contributed by atoms with Crippen molar-refractivity contribution in [3.63, 3.8) is 0 Å². The van der Waals surface area contributed by atoms with Gasteiger partial charge in [0.25, 0.3) is 0 Å². The van der Waals surface area contributed by atoms with Crippen LogP contribution in [0, 0.1) is 5.41 Å². The van der Waals surface area contributed by atoms with Crippen LogP contribution < -0.4 is 9.47 Å². The molecular formula is C26H38O4. The lowest BCUT2D eigenvalue weighted by atomic mass is 9.69. The largest absolute Gasteiger partial charge is 0.454 e. The van der Waals surface area contributed by atoms with Gasteiger partial charge in [-0.3, -0.25) is 9.59 Å². The number of hydrogen-bond acceptors (Lipinski definition) is 4. The van der Waals surface area contributed by atoms with Crippen molar-refractivity contribution >= 4 is 11.6 Å². The summed E-state index contributed by atoms with van der Waals surface area (Å²) in [5.41, 5.74) is 1.78. The molecule has 1 aliphatic heterocycles. The molecule has 2 rings (SSSR count). The van der Waals surface area contributed by atoms with Crippen LogP contribution in [0.3, 0.4) is 0 Å². The first-order valence-corrected chi connectivity index (χ1v) is 11.6. The smallest absolute Gasteiger partial charge is 0.231 e. The highest BCUT2D eigenvalue weighted by atomic mass is 16.7. The van der Waals surface area contributed by atoms with Crippen molar-refractivity contribution < 1.29 is 19.1 Å². The van der Waals surface area contributed by atoms with Gasteiger partial charge >= 0.3 is 0 Å². The number of rotatable bonds is 14. The normalized spacial score (nSPS) is 13.5. The lowest BCUT2D eigenvalue weighted by molar-refractivity contribution is -0.141. The van der Waals surface area contributed by atoms with Gasteiger partial charge in [-0.15, -0.1) is 0 Å². The SMILES string of the molecule is CCCCC(CCC(=CCCc1ccc2c(c1)OCO2)CC)(C(=O)CC)C(=O)CC. The van der Waals surface area contributed by atoms with E-state index in [0.29, 0.717) is 32.5 Å². The number of allylic oxidation sites excluding steroid dienone is 2. The molecule has 0 spiro atoms. The Balaban J connectivity index is 2.03. The minimum Gasteiger partial charge on any atom is -0.454 e. The Morgan fingerprint density at radius 3 is 2.30 bits per heavy atom. The van der Waals surface area contributed by atoms with E-state index in [9.17, 15) is 9.59 Å².